The molecule has 1 N–H and O–H groups in total. The van der Waals surface area contributed by atoms with Crippen molar-refractivity contribution in [2.75, 3.05) is 6.54 Å². The third-order valence-corrected chi connectivity index (χ3v) is 2.43. The minimum absolute atomic E-state index is 0.496. The fourth-order valence-corrected chi connectivity index (χ4v) is 1.61. The van der Waals surface area contributed by atoms with Crippen molar-refractivity contribution in [1.82, 2.24) is 5.48 Å². The summed E-state index contributed by atoms with van der Waals surface area (Å²) >= 11 is 0. The van der Waals surface area contributed by atoms with Crippen molar-refractivity contribution in [2.24, 2.45) is 0 Å². The molecular formula is C10H21NO. The second kappa shape index (κ2) is 6.44. The lowest BCUT2D eigenvalue weighted by molar-refractivity contribution is -0.0420. The largest absolute Gasteiger partial charge is 0.299 e. The van der Waals surface area contributed by atoms with Crippen LogP contribution >= 0.6 is 0 Å². The Kier molecular flexibility index (Phi) is 5.37. The van der Waals surface area contributed by atoms with Crippen LogP contribution in [0.25, 0.3) is 0 Å². The van der Waals surface area contributed by atoms with Gasteiger partial charge in [0.05, 0.1) is 6.10 Å². The van der Waals surface area contributed by atoms with Crippen LogP contribution in [0.1, 0.15) is 51.9 Å². The highest BCUT2D eigenvalue weighted by molar-refractivity contribution is 4.63. The van der Waals surface area contributed by atoms with E-state index in [1.54, 1.807) is 0 Å². The van der Waals surface area contributed by atoms with Crippen LogP contribution in [0, 0.1) is 0 Å². The Morgan fingerprint density at radius 3 is 2.67 bits per heavy atom. The maximum atomic E-state index is 5.54. The molecule has 0 heterocycles. The quantitative estimate of drug-likeness (QED) is 0.507. The topological polar surface area (TPSA) is 21.3 Å². The van der Waals surface area contributed by atoms with Crippen LogP contribution in [0.3, 0.4) is 0 Å². The lowest BCUT2D eigenvalue weighted by Gasteiger charge is -2.21. The average Bonchev–Trinajstić information content (AvgIpc) is 2.14. The van der Waals surface area contributed by atoms with Gasteiger partial charge in [0, 0.05) is 6.54 Å². The Bertz CT molecular complexity index is 100. The van der Waals surface area contributed by atoms with Crippen molar-refractivity contribution in [3.63, 3.8) is 0 Å². The molecule has 0 spiro atoms. The summed E-state index contributed by atoms with van der Waals surface area (Å²) in [5.74, 6) is 0. The summed E-state index contributed by atoms with van der Waals surface area (Å²) in [6.45, 7) is 3.20. The fraction of sp³-hybridized carbons (Fsp3) is 1.00. The molecule has 0 radical (unpaired) electrons. The van der Waals surface area contributed by atoms with Gasteiger partial charge in [-0.3, -0.25) is 4.84 Å². The van der Waals surface area contributed by atoms with Crippen molar-refractivity contribution in [3.8, 4) is 0 Å². The summed E-state index contributed by atoms with van der Waals surface area (Å²) in [6, 6.07) is 0. The second-order valence-electron chi connectivity index (χ2n) is 3.63. The van der Waals surface area contributed by atoms with Crippen LogP contribution in [-0.2, 0) is 4.84 Å². The zero-order chi connectivity index (χ0) is 8.65. The summed E-state index contributed by atoms with van der Waals surface area (Å²) < 4.78 is 0. The van der Waals surface area contributed by atoms with Gasteiger partial charge in [-0.1, -0.05) is 32.6 Å². The zero-order valence-electron chi connectivity index (χ0n) is 8.14. The van der Waals surface area contributed by atoms with Crippen LogP contribution in [0.4, 0.5) is 0 Å². The van der Waals surface area contributed by atoms with Gasteiger partial charge in [0.25, 0.3) is 0 Å². The molecule has 2 nitrogen and oxygen atoms in total. The van der Waals surface area contributed by atoms with E-state index >= 15 is 0 Å². The first kappa shape index (κ1) is 10.0. The molecular weight excluding hydrogens is 150 g/mol. The molecule has 72 valence electrons. The molecule has 2 heteroatoms. The van der Waals surface area contributed by atoms with E-state index in [2.05, 4.69) is 12.4 Å². The number of hydroxylamine groups is 1. The molecule has 1 rings (SSSR count). The van der Waals surface area contributed by atoms with Crippen molar-refractivity contribution < 1.29 is 4.84 Å². The molecule has 1 aliphatic rings. The van der Waals surface area contributed by atoms with E-state index in [1.165, 1.54) is 44.9 Å². The molecule has 0 aromatic carbocycles. The summed E-state index contributed by atoms with van der Waals surface area (Å²) in [6.07, 6.45) is 9.54. The number of rotatable bonds is 5. The highest BCUT2D eigenvalue weighted by Crippen LogP contribution is 2.19. The van der Waals surface area contributed by atoms with Gasteiger partial charge in [-0.25, -0.2) is 5.48 Å². The molecule has 0 aromatic rings. The summed E-state index contributed by atoms with van der Waals surface area (Å²) in [4.78, 5) is 5.54. The van der Waals surface area contributed by atoms with Gasteiger partial charge in [-0.2, -0.15) is 0 Å². The summed E-state index contributed by atoms with van der Waals surface area (Å²) in [5.41, 5.74) is 3.06. The molecule has 1 fully saturated rings. The number of nitrogens with one attached hydrogen (secondary N) is 1. The minimum atomic E-state index is 0.496. The molecule has 0 amide bonds. The van der Waals surface area contributed by atoms with Crippen molar-refractivity contribution in [2.45, 2.75) is 58.0 Å². The predicted molar refractivity (Wildman–Crippen MR) is 50.9 cm³/mol. The molecule has 1 aliphatic carbocycles. The standard InChI is InChI=1S/C10H21NO/c1-2-3-9-11-12-10-7-5-4-6-8-10/h10-11H,2-9H2,1H3. The van der Waals surface area contributed by atoms with Gasteiger partial charge in [-0.15, -0.1) is 0 Å². The van der Waals surface area contributed by atoms with Gasteiger partial charge in [-0.05, 0) is 19.3 Å². The van der Waals surface area contributed by atoms with E-state index in [0.717, 1.165) is 6.54 Å². The minimum Gasteiger partial charge on any atom is -0.299 e. The Morgan fingerprint density at radius 2 is 2.00 bits per heavy atom. The van der Waals surface area contributed by atoms with E-state index in [0.29, 0.717) is 6.10 Å². The van der Waals surface area contributed by atoms with Gasteiger partial charge < -0.3 is 0 Å². The van der Waals surface area contributed by atoms with Crippen LogP contribution in [0.2, 0.25) is 0 Å². The highest BCUT2D eigenvalue weighted by Gasteiger charge is 2.13. The molecule has 0 atom stereocenters. The Hall–Kier alpha value is -0.0800. The third kappa shape index (κ3) is 4.07. The predicted octanol–water partition coefficient (Wildman–Crippen LogP) is 2.64. The SMILES string of the molecule is CCCCNOC1CCCCC1. The monoisotopic (exact) mass is 171 g/mol. The molecule has 0 unspecified atom stereocenters. The zero-order valence-corrected chi connectivity index (χ0v) is 8.14. The van der Waals surface area contributed by atoms with Crippen molar-refractivity contribution >= 4 is 0 Å². The number of unbranched alkanes of at least 4 members (excludes halogenated alkanes) is 1. The molecule has 12 heavy (non-hydrogen) atoms. The maximum absolute atomic E-state index is 5.54. The third-order valence-electron chi connectivity index (χ3n) is 2.43. The van der Waals surface area contributed by atoms with Gasteiger partial charge in [0.15, 0.2) is 0 Å². The first-order valence-electron chi connectivity index (χ1n) is 5.32. The van der Waals surface area contributed by atoms with Crippen LogP contribution in [0.15, 0.2) is 0 Å². The normalized spacial score (nSPS) is 19.8. The first-order valence-corrected chi connectivity index (χ1v) is 5.32. The molecule has 1 saturated carbocycles. The number of hydrogen-bond acceptors (Lipinski definition) is 2. The van der Waals surface area contributed by atoms with Crippen molar-refractivity contribution in [1.29, 1.82) is 0 Å². The maximum Gasteiger partial charge on any atom is 0.0790 e. The molecule has 0 bridgehead atoms. The lowest BCUT2D eigenvalue weighted by Crippen LogP contribution is -2.26. The van der Waals surface area contributed by atoms with Gasteiger partial charge >= 0.3 is 0 Å². The Morgan fingerprint density at radius 1 is 1.25 bits per heavy atom. The van der Waals surface area contributed by atoms with E-state index in [9.17, 15) is 0 Å². The van der Waals surface area contributed by atoms with Crippen LogP contribution in [-0.4, -0.2) is 12.6 Å². The van der Waals surface area contributed by atoms with E-state index in [-0.39, 0.29) is 0 Å². The Balaban J connectivity index is 1.91. The van der Waals surface area contributed by atoms with E-state index < -0.39 is 0 Å². The summed E-state index contributed by atoms with van der Waals surface area (Å²) in [5, 5.41) is 0. The van der Waals surface area contributed by atoms with E-state index in [4.69, 9.17) is 4.84 Å². The number of hydrogen-bond donors (Lipinski definition) is 1. The first-order chi connectivity index (χ1) is 5.93. The Labute approximate surface area is 75.6 Å². The lowest BCUT2D eigenvalue weighted by atomic mass is 9.98. The molecule has 0 saturated heterocycles. The highest BCUT2D eigenvalue weighted by atomic mass is 16.7. The second-order valence-corrected chi connectivity index (χ2v) is 3.63. The molecule has 0 aliphatic heterocycles. The van der Waals surface area contributed by atoms with Gasteiger partial charge in [0.2, 0.25) is 0 Å². The summed E-state index contributed by atoms with van der Waals surface area (Å²) in [7, 11) is 0. The fourth-order valence-electron chi connectivity index (χ4n) is 1.61. The van der Waals surface area contributed by atoms with E-state index in [1.807, 2.05) is 0 Å². The van der Waals surface area contributed by atoms with Crippen LogP contribution in [0.5, 0.6) is 0 Å². The average molecular weight is 171 g/mol. The van der Waals surface area contributed by atoms with Crippen LogP contribution < -0.4 is 5.48 Å². The smallest absolute Gasteiger partial charge is 0.0790 e. The van der Waals surface area contributed by atoms with Crippen molar-refractivity contribution in [3.05, 3.63) is 0 Å². The molecule has 0 aromatic heterocycles. The van der Waals surface area contributed by atoms with Gasteiger partial charge in [0.1, 0.15) is 0 Å².